The van der Waals surface area contributed by atoms with Crippen LogP contribution >= 0.6 is 11.6 Å². The summed E-state index contributed by atoms with van der Waals surface area (Å²) in [6.07, 6.45) is 7.22. The highest BCUT2D eigenvalue weighted by atomic mass is 35.5. The number of nitrogens with two attached hydrogens (primary N) is 1. The van der Waals surface area contributed by atoms with Gasteiger partial charge in [-0.1, -0.05) is 11.6 Å². The lowest BCUT2D eigenvalue weighted by atomic mass is 9.94. The molecule has 1 unspecified atom stereocenters. The van der Waals surface area contributed by atoms with Crippen molar-refractivity contribution in [1.29, 1.82) is 0 Å². The Morgan fingerprint density at radius 2 is 1.93 bits per heavy atom. The van der Waals surface area contributed by atoms with Crippen LogP contribution in [0, 0.1) is 17.6 Å². The number of anilines is 2. The highest BCUT2D eigenvalue weighted by Crippen LogP contribution is 2.42. The molecule has 0 radical (unpaired) electrons. The first-order valence-corrected chi connectivity index (χ1v) is 16.8. The van der Waals surface area contributed by atoms with Crippen molar-refractivity contribution >= 4 is 39.9 Å². The van der Waals surface area contributed by atoms with E-state index >= 15 is 4.39 Å². The minimum absolute atomic E-state index is 0.0164. The molecule has 8 rings (SSSR count). The van der Waals surface area contributed by atoms with E-state index in [2.05, 4.69) is 25.1 Å². The number of nitrogens with zero attached hydrogens (tertiary/aromatic N) is 5. The molecule has 46 heavy (non-hydrogen) atoms. The van der Waals surface area contributed by atoms with Crippen molar-refractivity contribution in [2.45, 2.75) is 75.9 Å². The number of piperidine rings is 1. The fourth-order valence-electron chi connectivity index (χ4n) is 7.89. The Kier molecular flexibility index (Phi) is 8.60. The SMILES string of the molecule is Nc1cc2c(c(Cl)c1F)CCCCC(=O)NCCC1CCCN(C1)c1nc(OC[C@@]34CCCN3C[C@H](F)C4)nc3c(F)c-2ncc13. The Morgan fingerprint density at radius 1 is 1.09 bits per heavy atom. The summed E-state index contributed by atoms with van der Waals surface area (Å²) in [4.78, 5) is 30.7. The van der Waals surface area contributed by atoms with Gasteiger partial charge in [-0.05, 0) is 75.5 Å². The van der Waals surface area contributed by atoms with Gasteiger partial charge >= 0.3 is 6.01 Å². The molecule has 6 bridgehead atoms. The number of halogens is 4. The molecule has 1 amide bonds. The highest BCUT2D eigenvalue weighted by molar-refractivity contribution is 6.32. The van der Waals surface area contributed by atoms with Crippen molar-refractivity contribution in [2.75, 3.05) is 50.0 Å². The number of carbonyl (C=O) groups is 1. The monoisotopic (exact) mass is 657 g/mol. The number of alkyl halides is 1. The number of rotatable bonds is 3. The molecular weight excluding hydrogens is 619 g/mol. The van der Waals surface area contributed by atoms with Gasteiger partial charge in [0.15, 0.2) is 11.6 Å². The number of nitrogen functional groups attached to an aromatic ring is 1. The lowest BCUT2D eigenvalue weighted by Gasteiger charge is -2.34. The molecule has 3 aromatic rings. The molecule has 0 spiro atoms. The van der Waals surface area contributed by atoms with Crippen LogP contribution in [0.1, 0.15) is 63.4 Å². The van der Waals surface area contributed by atoms with Gasteiger partial charge < -0.3 is 20.7 Å². The number of benzene rings is 1. The Hall–Kier alpha value is -3.38. The lowest BCUT2D eigenvalue weighted by molar-refractivity contribution is -0.121. The Labute approximate surface area is 271 Å². The number of hydrogen-bond donors (Lipinski definition) is 2. The molecule has 13 heteroatoms. The van der Waals surface area contributed by atoms with Crippen LogP contribution in [0.3, 0.4) is 0 Å². The van der Waals surface area contributed by atoms with Gasteiger partial charge in [0.05, 0.1) is 21.6 Å². The van der Waals surface area contributed by atoms with Crippen molar-refractivity contribution in [3.8, 4) is 17.3 Å². The molecule has 7 heterocycles. The van der Waals surface area contributed by atoms with Crippen LogP contribution in [0.25, 0.3) is 22.2 Å². The molecule has 9 nitrogen and oxygen atoms in total. The van der Waals surface area contributed by atoms with Gasteiger partial charge in [0.25, 0.3) is 0 Å². The number of ether oxygens (including phenoxy) is 1. The van der Waals surface area contributed by atoms with Crippen molar-refractivity contribution < 1.29 is 22.7 Å². The molecule has 5 aliphatic rings. The summed E-state index contributed by atoms with van der Waals surface area (Å²) < 4.78 is 52.4. The zero-order valence-corrected chi connectivity index (χ0v) is 26.5. The van der Waals surface area contributed by atoms with E-state index in [4.69, 9.17) is 27.1 Å². The Morgan fingerprint density at radius 3 is 2.80 bits per heavy atom. The summed E-state index contributed by atoms with van der Waals surface area (Å²) >= 11 is 6.46. The largest absolute Gasteiger partial charge is 0.461 e. The molecule has 2 aromatic heterocycles. The third-order valence-corrected chi connectivity index (χ3v) is 10.6. The second-order valence-corrected chi connectivity index (χ2v) is 13.7. The number of fused-ring (bicyclic) bond motifs is 9. The molecular formula is C33H39ClF3N7O2. The summed E-state index contributed by atoms with van der Waals surface area (Å²) in [6, 6.07) is 1.37. The second kappa shape index (κ2) is 12.7. The van der Waals surface area contributed by atoms with Crippen LogP contribution in [0.5, 0.6) is 6.01 Å². The van der Waals surface area contributed by atoms with Crippen molar-refractivity contribution in [3.63, 3.8) is 0 Å². The van der Waals surface area contributed by atoms with Crippen LogP contribution < -0.4 is 20.7 Å². The number of pyridine rings is 1. The maximum absolute atomic E-state index is 16.8. The van der Waals surface area contributed by atoms with Gasteiger partial charge in [0, 0.05) is 50.8 Å². The maximum atomic E-state index is 16.8. The molecule has 5 aliphatic heterocycles. The van der Waals surface area contributed by atoms with Crippen LogP contribution in [-0.4, -0.2) is 76.8 Å². The molecule has 0 saturated carbocycles. The molecule has 3 fully saturated rings. The summed E-state index contributed by atoms with van der Waals surface area (Å²) in [6.45, 7) is 3.34. The normalized spacial score (nSPS) is 25.7. The lowest BCUT2D eigenvalue weighted by Crippen LogP contribution is -2.43. The standard InChI is InChI=1S/C33H39ClF3N7O2/c34-26-21-6-1-2-7-25(45)39-10-8-19-5-3-11-43(16-19)31-23-15-40-29(22(21)13-24(38)27(26)36)28(37)30(23)41-32(42-31)46-18-33-9-4-12-44(33)17-20(35)14-33/h13,15,19-20H,1-12,14,16-18,38H2,(H,39,45)/t19?,20-,33+/m1/s1. The predicted octanol–water partition coefficient (Wildman–Crippen LogP) is 5.61. The fraction of sp³-hybridized carbons (Fsp3) is 0.576. The predicted molar refractivity (Wildman–Crippen MR) is 171 cm³/mol. The van der Waals surface area contributed by atoms with Crippen molar-refractivity contribution in [3.05, 3.63) is 34.5 Å². The first kappa shape index (κ1) is 31.2. The van der Waals surface area contributed by atoms with E-state index in [0.29, 0.717) is 81.0 Å². The first-order valence-electron chi connectivity index (χ1n) is 16.4. The average Bonchev–Trinajstić information content (AvgIpc) is 3.57. The third-order valence-electron chi connectivity index (χ3n) is 10.2. The van der Waals surface area contributed by atoms with E-state index in [9.17, 15) is 13.6 Å². The maximum Gasteiger partial charge on any atom is 0.319 e. The zero-order chi connectivity index (χ0) is 32.0. The van der Waals surface area contributed by atoms with Crippen LogP contribution in [0.4, 0.5) is 24.7 Å². The van der Waals surface area contributed by atoms with Gasteiger partial charge in [0.2, 0.25) is 5.91 Å². The number of nitrogens with one attached hydrogen (secondary N) is 1. The minimum Gasteiger partial charge on any atom is -0.461 e. The highest BCUT2D eigenvalue weighted by Gasteiger charge is 2.49. The summed E-state index contributed by atoms with van der Waals surface area (Å²) in [7, 11) is 0. The van der Waals surface area contributed by atoms with Crippen LogP contribution in [0.15, 0.2) is 12.3 Å². The van der Waals surface area contributed by atoms with E-state index in [1.54, 1.807) is 6.20 Å². The minimum atomic E-state index is -0.914. The van der Waals surface area contributed by atoms with Crippen LogP contribution in [-0.2, 0) is 11.2 Å². The average molecular weight is 658 g/mol. The fourth-order valence-corrected chi connectivity index (χ4v) is 8.19. The molecule has 0 aliphatic carbocycles. The molecule has 1 aromatic carbocycles. The van der Waals surface area contributed by atoms with Gasteiger partial charge in [0.1, 0.15) is 29.8 Å². The molecule has 3 N–H and O–H groups in total. The zero-order valence-electron chi connectivity index (χ0n) is 25.8. The molecule has 3 saturated heterocycles. The van der Waals surface area contributed by atoms with E-state index in [1.165, 1.54) is 6.07 Å². The number of amides is 1. The van der Waals surface area contributed by atoms with Crippen LogP contribution in [0.2, 0.25) is 5.02 Å². The van der Waals surface area contributed by atoms with Gasteiger partial charge in [-0.15, -0.1) is 0 Å². The Bertz CT molecular complexity index is 1660. The van der Waals surface area contributed by atoms with Crippen molar-refractivity contribution in [1.82, 2.24) is 25.2 Å². The number of carbonyl (C=O) groups excluding carboxylic acids is 1. The second-order valence-electron chi connectivity index (χ2n) is 13.3. The van der Waals surface area contributed by atoms with Crippen molar-refractivity contribution in [2.24, 2.45) is 5.92 Å². The van der Waals surface area contributed by atoms with E-state index in [0.717, 1.165) is 38.6 Å². The number of aromatic nitrogens is 3. The van der Waals surface area contributed by atoms with E-state index in [1.807, 2.05) is 0 Å². The summed E-state index contributed by atoms with van der Waals surface area (Å²) in [5, 5.41) is 3.27. The molecule has 246 valence electrons. The van der Waals surface area contributed by atoms with E-state index < -0.39 is 23.3 Å². The van der Waals surface area contributed by atoms with Gasteiger partial charge in [-0.2, -0.15) is 9.97 Å². The third kappa shape index (κ3) is 5.83. The Balaban J connectivity index is 1.34. The summed E-state index contributed by atoms with van der Waals surface area (Å²) in [5.41, 5.74) is 5.94. The summed E-state index contributed by atoms with van der Waals surface area (Å²) in [5.74, 6) is -0.706. The number of hydrogen-bond acceptors (Lipinski definition) is 8. The van der Waals surface area contributed by atoms with Gasteiger partial charge in [-0.25, -0.2) is 13.2 Å². The smallest absolute Gasteiger partial charge is 0.319 e. The topological polar surface area (TPSA) is 110 Å². The molecule has 3 atom stereocenters. The van der Waals surface area contributed by atoms with E-state index in [-0.39, 0.29) is 46.0 Å². The quantitative estimate of drug-likeness (QED) is 0.350. The van der Waals surface area contributed by atoms with Gasteiger partial charge in [-0.3, -0.25) is 14.7 Å². The first-order chi connectivity index (χ1) is 22.2.